The van der Waals surface area contributed by atoms with Gasteiger partial charge in [0.25, 0.3) is 0 Å². The SMILES string of the molecule is C[C@@H](Cl)C(=O)N(C)CCOc1ccc(Cl)cc1. The van der Waals surface area contributed by atoms with Crippen LogP contribution < -0.4 is 4.74 Å². The molecule has 0 N–H and O–H groups in total. The Bertz CT molecular complexity index is 365. The van der Waals surface area contributed by atoms with Crippen LogP contribution >= 0.6 is 23.2 Å². The van der Waals surface area contributed by atoms with Crippen LogP contribution in [0.15, 0.2) is 24.3 Å². The predicted octanol–water partition coefficient (Wildman–Crippen LogP) is 2.80. The normalized spacial score (nSPS) is 12.0. The van der Waals surface area contributed by atoms with E-state index in [0.717, 1.165) is 5.75 Å². The van der Waals surface area contributed by atoms with Gasteiger partial charge < -0.3 is 9.64 Å². The quantitative estimate of drug-likeness (QED) is 0.774. The van der Waals surface area contributed by atoms with Gasteiger partial charge in [-0.2, -0.15) is 0 Å². The van der Waals surface area contributed by atoms with Crippen molar-refractivity contribution >= 4 is 29.1 Å². The van der Waals surface area contributed by atoms with Gasteiger partial charge in [0.2, 0.25) is 5.91 Å². The number of nitrogens with zero attached hydrogens (tertiary/aromatic N) is 1. The summed E-state index contributed by atoms with van der Waals surface area (Å²) in [5.41, 5.74) is 0. The summed E-state index contributed by atoms with van der Waals surface area (Å²) in [6, 6.07) is 7.09. The number of hydrogen-bond acceptors (Lipinski definition) is 2. The van der Waals surface area contributed by atoms with Crippen molar-refractivity contribution in [3.05, 3.63) is 29.3 Å². The van der Waals surface area contributed by atoms with Crippen molar-refractivity contribution < 1.29 is 9.53 Å². The summed E-state index contributed by atoms with van der Waals surface area (Å²) in [5.74, 6) is 0.626. The average Bonchev–Trinajstić information content (AvgIpc) is 2.30. The Kier molecular flexibility index (Phi) is 5.59. The maximum absolute atomic E-state index is 11.5. The Balaban J connectivity index is 2.33. The van der Waals surface area contributed by atoms with Crippen molar-refractivity contribution in [2.24, 2.45) is 0 Å². The van der Waals surface area contributed by atoms with Gasteiger partial charge in [-0.3, -0.25) is 4.79 Å². The van der Waals surface area contributed by atoms with E-state index in [2.05, 4.69) is 0 Å². The monoisotopic (exact) mass is 275 g/mol. The van der Waals surface area contributed by atoms with Crippen LogP contribution in [0.3, 0.4) is 0 Å². The van der Waals surface area contributed by atoms with Crippen LogP contribution in [0.1, 0.15) is 6.92 Å². The number of rotatable bonds is 5. The summed E-state index contributed by atoms with van der Waals surface area (Å²) in [6.45, 7) is 2.58. The summed E-state index contributed by atoms with van der Waals surface area (Å²) >= 11 is 11.4. The molecule has 1 atom stereocenters. The van der Waals surface area contributed by atoms with Gasteiger partial charge in [0.15, 0.2) is 0 Å². The smallest absolute Gasteiger partial charge is 0.240 e. The van der Waals surface area contributed by atoms with Crippen molar-refractivity contribution in [2.75, 3.05) is 20.2 Å². The molecule has 1 amide bonds. The molecule has 0 aromatic heterocycles. The molecule has 0 aliphatic rings. The molecule has 0 bridgehead atoms. The zero-order valence-electron chi connectivity index (χ0n) is 9.82. The number of carbonyl (C=O) groups is 1. The maximum Gasteiger partial charge on any atom is 0.240 e. The molecule has 94 valence electrons. The molecule has 0 spiro atoms. The second-order valence-electron chi connectivity index (χ2n) is 3.68. The van der Waals surface area contributed by atoms with Gasteiger partial charge in [-0.25, -0.2) is 0 Å². The standard InChI is InChI=1S/C12H15Cl2NO2/c1-9(13)12(16)15(2)7-8-17-11-5-3-10(14)4-6-11/h3-6,9H,7-8H2,1-2H3/t9-/m1/s1. The second-order valence-corrected chi connectivity index (χ2v) is 4.77. The van der Waals surface area contributed by atoms with Crippen molar-refractivity contribution in [3.8, 4) is 5.75 Å². The van der Waals surface area contributed by atoms with Crippen molar-refractivity contribution in [3.63, 3.8) is 0 Å². The molecule has 1 aromatic carbocycles. The highest BCUT2D eigenvalue weighted by molar-refractivity contribution is 6.30. The van der Waals surface area contributed by atoms with Crippen LogP contribution in [0.5, 0.6) is 5.75 Å². The molecule has 5 heteroatoms. The van der Waals surface area contributed by atoms with E-state index in [9.17, 15) is 4.79 Å². The molecule has 0 saturated carbocycles. The first-order valence-electron chi connectivity index (χ1n) is 5.28. The molecular weight excluding hydrogens is 261 g/mol. The molecule has 0 saturated heterocycles. The van der Waals surface area contributed by atoms with E-state index in [1.165, 1.54) is 0 Å². The Morgan fingerprint density at radius 2 is 2.00 bits per heavy atom. The molecule has 3 nitrogen and oxygen atoms in total. The molecule has 0 aliphatic heterocycles. The molecule has 17 heavy (non-hydrogen) atoms. The van der Waals surface area contributed by atoms with Crippen LogP contribution in [-0.2, 0) is 4.79 Å². The van der Waals surface area contributed by atoms with Gasteiger partial charge >= 0.3 is 0 Å². The molecule has 1 aromatic rings. The van der Waals surface area contributed by atoms with Crippen LogP contribution in [0, 0.1) is 0 Å². The van der Waals surface area contributed by atoms with Crippen molar-refractivity contribution in [1.29, 1.82) is 0 Å². The summed E-state index contributed by atoms with van der Waals surface area (Å²) in [4.78, 5) is 13.0. The highest BCUT2D eigenvalue weighted by Crippen LogP contribution is 2.15. The van der Waals surface area contributed by atoms with Gasteiger partial charge in [-0.1, -0.05) is 11.6 Å². The topological polar surface area (TPSA) is 29.5 Å². The molecule has 0 aliphatic carbocycles. The fourth-order valence-corrected chi connectivity index (χ4v) is 1.54. The minimum atomic E-state index is -0.504. The third-order valence-corrected chi connectivity index (χ3v) is 2.66. The fraction of sp³-hybridized carbons (Fsp3) is 0.417. The lowest BCUT2D eigenvalue weighted by atomic mass is 10.3. The number of alkyl halides is 1. The minimum absolute atomic E-state index is 0.105. The molecule has 0 fully saturated rings. The zero-order chi connectivity index (χ0) is 12.8. The first kappa shape index (κ1) is 14.1. The Morgan fingerprint density at radius 1 is 1.41 bits per heavy atom. The van der Waals surface area contributed by atoms with E-state index in [0.29, 0.717) is 18.2 Å². The van der Waals surface area contributed by atoms with Crippen LogP contribution in [0.2, 0.25) is 5.02 Å². The number of likely N-dealkylation sites (N-methyl/N-ethyl adjacent to an activating group) is 1. The van der Waals surface area contributed by atoms with Crippen LogP contribution in [0.4, 0.5) is 0 Å². The second kappa shape index (κ2) is 6.72. The van der Waals surface area contributed by atoms with Crippen LogP contribution in [-0.4, -0.2) is 36.4 Å². The number of amides is 1. The summed E-state index contributed by atoms with van der Waals surface area (Å²) < 4.78 is 5.47. The Labute approximate surface area is 111 Å². The number of halogens is 2. The number of carbonyl (C=O) groups excluding carboxylic acids is 1. The fourth-order valence-electron chi connectivity index (χ4n) is 1.25. The largest absolute Gasteiger partial charge is 0.492 e. The molecule has 0 heterocycles. The highest BCUT2D eigenvalue weighted by atomic mass is 35.5. The van der Waals surface area contributed by atoms with Gasteiger partial charge in [0.1, 0.15) is 17.7 Å². The van der Waals surface area contributed by atoms with Gasteiger partial charge in [0, 0.05) is 12.1 Å². The van der Waals surface area contributed by atoms with Gasteiger partial charge in [0.05, 0.1) is 6.54 Å². The zero-order valence-corrected chi connectivity index (χ0v) is 11.3. The minimum Gasteiger partial charge on any atom is -0.492 e. The lowest BCUT2D eigenvalue weighted by Gasteiger charge is -2.18. The van der Waals surface area contributed by atoms with E-state index in [1.54, 1.807) is 43.1 Å². The molecule has 0 unspecified atom stereocenters. The van der Waals surface area contributed by atoms with Crippen molar-refractivity contribution in [2.45, 2.75) is 12.3 Å². The number of hydrogen-bond donors (Lipinski definition) is 0. The van der Waals surface area contributed by atoms with Crippen LogP contribution in [0.25, 0.3) is 0 Å². The lowest BCUT2D eigenvalue weighted by Crippen LogP contribution is -2.35. The van der Waals surface area contributed by atoms with Gasteiger partial charge in [-0.15, -0.1) is 11.6 Å². The molecule has 0 radical (unpaired) electrons. The van der Waals surface area contributed by atoms with E-state index in [-0.39, 0.29) is 5.91 Å². The molecule has 1 rings (SSSR count). The first-order valence-corrected chi connectivity index (χ1v) is 6.09. The van der Waals surface area contributed by atoms with Gasteiger partial charge in [-0.05, 0) is 31.2 Å². The summed E-state index contributed by atoms with van der Waals surface area (Å²) in [5, 5.41) is 0.163. The van der Waals surface area contributed by atoms with E-state index in [4.69, 9.17) is 27.9 Å². The molecular formula is C12H15Cl2NO2. The van der Waals surface area contributed by atoms with E-state index >= 15 is 0 Å². The lowest BCUT2D eigenvalue weighted by molar-refractivity contribution is -0.129. The van der Waals surface area contributed by atoms with E-state index in [1.807, 2.05) is 0 Å². The number of benzene rings is 1. The third kappa shape index (κ3) is 4.84. The van der Waals surface area contributed by atoms with Crippen molar-refractivity contribution in [1.82, 2.24) is 4.90 Å². The average molecular weight is 276 g/mol. The Morgan fingerprint density at radius 3 is 2.53 bits per heavy atom. The van der Waals surface area contributed by atoms with E-state index < -0.39 is 5.38 Å². The highest BCUT2D eigenvalue weighted by Gasteiger charge is 2.14. The summed E-state index contributed by atoms with van der Waals surface area (Å²) in [7, 11) is 1.70. The Hall–Kier alpha value is -0.930. The summed E-state index contributed by atoms with van der Waals surface area (Å²) in [6.07, 6.45) is 0. The third-order valence-electron chi connectivity index (χ3n) is 2.23. The predicted molar refractivity (Wildman–Crippen MR) is 69.9 cm³/mol. The maximum atomic E-state index is 11.5. The first-order chi connectivity index (χ1) is 8.00. The number of ether oxygens (including phenoxy) is 1.